The summed E-state index contributed by atoms with van der Waals surface area (Å²) in [6, 6.07) is 4.73. The van der Waals surface area contributed by atoms with E-state index in [4.69, 9.17) is 5.11 Å². The molecular formula is C12H13N3O3S. The molecule has 0 aliphatic heterocycles. The molecule has 1 heterocycles. The molecule has 6 nitrogen and oxygen atoms in total. The van der Waals surface area contributed by atoms with Gasteiger partial charge in [0.25, 0.3) is 5.69 Å². The highest BCUT2D eigenvalue weighted by molar-refractivity contribution is 7.07. The molecule has 0 amide bonds. The van der Waals surface area contributed by atoms with E-state index < -0.39 is 4.92 Å². The number of rotatable bonds is 5. The molecule has 0 unspecified atom stereocenters. The lowest BCUT2D eigenvalue weighted by Gasteiger charge is -2.18. The van der Waals surface area contributed by atoms with Crippen molar-refractivity contribution in [2.24, 2.45) is 0 Å². The number of anilines is 1. The fraction of sp³-hybridized carbons (Fsp3) is 0.250. The van der Waals surface area contributed by atoms with Gasteiger partial charge in [-0.25, -0.2) is 4.98 Å². The summed E-state index contributed by atoms with van der Waals surface area (Å²) >= 11 is 1.49. The van der Waals surface area contributed by atoms with Crippen LogP contribution in [-0.4, -0.2) is 22.1 Å². The van der Waals surface area contributed by atoms with Crippen molar-refractivity contribution in [1.29, 1.82) is 0 Å². The van der Waals surface area contributed by atoms with Crippen molar-refractivity contribution in [3.8, 4) is 0 Å². The average molecular weight is 279 g/mol. The second kappa shape index (κ2) is 5.77. The Morgan fingerprint density at radius 1 is 1.53 bits per heavy atom. The zero-order valence-electron chi connectivity index (χ0n) is 10.3. The van der Waals surface area contributed by atoms with Crippen molar-refractivity contribution >= 4 is 22.7 Å². The smallest absolute Gasteiger partial charge is 0.292 e. The van der Waals surface area contributed by atoms with Gasteiger partial charge in [0.2, 0.25) is 0 Å². The maximum atomic E-state index is 11.1. The Morgan fingerprint density at radius 3 is 2.89 bits per heavy atom. The maximum Gasteiger partial charge on any atom is 0.292 e. The van der Waals surface area contributed by atoms with Crippen LogP contribution in [0.1, 0.15) is 11.3 Å². The third-order valence-corrected chi connectivity index (χ3v) is 3.35. The molecule has 1 aromatic heterocycles. The predicted molar refractivity (Wildman–Crippen MR) is 73.2 cm³/mol. The Morgan fingerprint density at radius 2 is 2.32 bits per heavy atom. The molecular weight excluding hydrogens is 266 g/mol. The fourth-order valence-corrected chi connectivity index (χ4v) is 2.33. The van der Waals surface area contributed by atoms with Crippen molar-refractivity contribution in [3.05, 3.63) is 50.5 Å². The van der Waals surface area contributed by atoms with Crippen LogP contribution in [-0.2, 0) is 13.2 Å². The number of nitro benzene ring substituents is 1. The highest BCUT2D eigenvalue weighted by Gasteiger charge is 2.18. The Hall–Kier alpha value is -1.99. The molecule has 7 heteroatoms. The highest BCUT2D eigenvalue weighted by Crippen LogP contribution is 2.29. The van der Waals surface area contributed by atoms with E-state index in [-0.39, 0.29) is 12.3 Å². The summed E-state index contributed by atoms with van der Waals surface area (Å²) in [5.41, 5.74) is 3.62. The lowest BCUT2D eigenvalue weighted by molar-refractivity contribution is -0.384. The molecule has 0 atom stereocenters. The molecule has 100 valence electrons. The van der Waals surface area contributed by atoms with E-state index >= 15 is 0 Å². The van der Waals surface area contributed by atoms with Crippen molar-refractivity contribution < 1.29 is 10.0 Å². The largest absolute Gasteiger partial charge is 0.392 e. The number of nitrogens with zero attached hydrogens (tertiary/aromatic N) is 3. The van der Waals surface area contributed by atoms with Gasteiger partial charge < -0.3 is 10.0 Å². The molecule has 2 rings (SSSR count). The first kappa shape index (κ1) is 13.4. The van der Waals surface area contributed by atoms with Crippen LogP contribution in [0.5, 0.6) is 0 Å². The zero-order valence-corrected chi connectivity index (χ0v) is 11.1. The molecule has 0 saturated heterocycles. The number of aromatic nitrogens is 1. The summed E-state index contributed by atoms with van der Waals surface area (Å²) in [4.78, 5) is 16.6. The van der Waals surface area contributed by atoms with Crippen LogP contribution in [0.25, 0.3) is 0 Å². The molecule has 0 spiro atoms. The van der Waals surface area contributed by atoms with Crippen LogP contribution in [0.2, 0.25) is 0 Å². The number of hydrogen-bond donors (Lipinski definition) is 1. The molecule has 1 aromatic carbocycles. The third-order valence-electron chi connectivity index (χ3n) is 2.71. The Labute approximate surface area is 114 Å². The average Bonchev–Trinajstić information content (AvgIpc) is 2.90. The number of nitro groups is 1. The van der Waals surface area contributed by atoms with Gasteiger partial charge in [-0.05, 0) is 11.6 Å². The Kier molecular flexibility index (Phi) is 4.08. The lowest BCUT2D eigenvalue weighted by atomic mass is 10.1. The van der Waals surface area contributed by atoms with Gasteiger partial charge >= 0.3 is 0 Å². The van der Waals surface area contributed by atoms with Gasteiger partial charge in [-0.2, -0.15) is 0 Å². The molecule has 0 aliphatic carbocycles. The van der Waals surface area contributed by atoms with Crippen LogP contribution >= 0.6 is 11.3 Å². The minimum atomic E-state index is -0.438. The van der Waals surface area contributed by atoms with Gasteiger partial charge in [-0.3, -0.25) is 10.1 Å². The van der Waals surface area contributed by atoms with E-state index in [1.165, 1.54) is 17.4 Å². The van der Waals surface area contributed by atoms with Crippen LogP contribution in [0.15, 0.2) is 29.1 Å². The van der Waals surface area contributed by atoms with Crippen LogP contribution < -0.4 is 4.90 Å². The fourth-order valence-electron chi connectivity index (χ4n) is 1.78. The topological polar surface area (TPSA) is 79.5 Å². The van der Waals surface area contributed by atoms with Gasteiger partial charge in [-0.15, -0.1) is 11.3 Å². The molecule has 19 heavy (non-hydrogen) atoms. The van der Waals surface area contributed by atoms with Gasteiger partial charge in [0.1, 0.15) is 5.69 Å². The standard InChI is InChI=1S/C12H13N3O3S/c1-14(5-10-7-19-8-13-10)11-3-2-9(6-16)4-12(11)15(17)18/h2-4,7-8,16H,5-6H2,1H3. The predicted octanol–water partition coefficient (Wildman–Crippen LogP) is 2.18. The number of thiazole rings is 1. The first-order valence-corrected chi connectivity index (χ1v) is 6.52. The van der Waals surface area contributed by atoms with E-state index in [0.29, 0.717) is 17.8 Å². The molecule has 2 aromatic rings. The van der Waals surface area contributed by atoms with Gasteiger partial charge in [0, 0.05) is 18.5 Å². The number of aliphatic hydroxyl groups excluding tert-OH is 1. The SMILES string of the molecule is CN(Cc1cscn1)c1ccc(CO)cc1[N+](=O)[O-]. The molecule has 0 radical (unpaired) electrons. The van der Waals surface area contributed by atoms with E-state index in [2.05, 4.69) is 4.98 Å². The molecule has 0 bridgehead atoms. The summed E-state index contributed by atoms with van der Waals surface area (Å²) < 4.78 is 0. The van der Waals surface area contributed by atoms with Gasteiger partial charge in [0.05, 0.1) is 29.3 Å². The van der Waals surface area contributed by atoms with E-state index in [1.54, 1.807) is 29.6 Å². The van der Waals surface area contributed by atoms with Crippen LogP contribution in [0.3, 0.4) is 0 Å². The highest BCUT2D eigenvalue weighted by atomic mass is 32.1. The summed E-state index contributed by atoms with van der Waals surface area (Å²) in [6.45, 7) is 0.291. The first-order valence-electron chi connectivity index (χ1n) is 5.58. The molecule has 0 aliphatic rings. The summed E-state index contributed by atoms with van der Waals surface area (Å²) in [5, 5.41) is 22.0. The number of hydrogen-bond acceptors (Lipinski definition) is 6. The summed E-state index contributed by atoms with van der Waals surface area (Å²) in [5.74, 6) is 0. The monoisotopic (exact) mass is 279 g/mol. The third kappa shape index (κ3) is 3.07. The van der Waals surface area contributed by atoms with Crippen molar-refractivity contribution in [1.82, 2.24) is 4.98 Å². The van der Waals surface area contributed by atoms with E-state index in [0.717, 1.165) is 5.69 Å². The second-order valence-electron chi connectivity index (χ2n) is 4.07. The zero-order chi connectivity index (χ0) is 13.8. The quantitative estimate of drug-likeness (QED) is 0.670. The first-order chi connectivity index (χ1) is 9.11. The van der Waals surface area contributed by atoms with Gasteiger partial charge in [0.15, 0.2) is 0 Å². The summed E-state index contributed by atoms with van der Waals surface area (Å²) in [6.07, 6.45) is 0. The number of aliphatic hydroxyl groups is 1. The summed E-state index contributed by atoms with van der Waals surface area (Å²) in [7, 11) is 1.78. The normalized spacial score (nSPS) is 10.4. The van der Waals surface area contributed by atoms with Crippen molar-refractivity contribution in [2.75, 3.05) is 11.9 Å². The molecule has 1 N–H and O–H groups in total. The molecule has 0 fully saturated rings. The maximum absolute atomic E-state index is 11.1. The minimum Gasteiger partial charge on any atom is -0.392 e. The van der Waals surface area contributed by atoms with Crippen molar-refractivity contribution in [3.63, 3.8) is 0 Å². The number of benzene rings is 1. The minimum absolute atomic E-state index is 0.00993. The van der Waals surface area contributed by atoms with Crippen LogP contribution in [0.4, 0.5) is 11.4 Å². The van der Waals surface area contributed by atoms with Crippen LogP contribution in [0, 0.1) is 10.1 Å². The van der Waals surface area contributed by atoms with E-state index in [1.807, 2.05) is 5.38 Å². The lowest BCUT2D eigenvalue weighted by Crippen LogP contribution is -2.18. The van der Waals surface area contributed by atoms with Gasteiger partial charge in [-0.1, -0.05) is 6.07 Å². The molecule has 0 saturated carbocycles. The second-order valence-corrected chi connectivity index (χ2v) is 4.79. The Balaban J connectivity index is 2.30. The van der Waals surface area contributed by atoms with E-state index in [9.17, 15) is 10.1 Å². The van der Waals surface area contributed by atoms with Crippen molar-refractivity contribution in [2.45, 2.75) is 13.2 Å². The Bertz CT molecular complexity index is 572.